The van der Waals surface area contributed by atoms with E-state index in [9.17, 15) is 9.59 Å². The fourth-order valence-electron chi connectivity index (χ4n) is 2.68. The van der Waals surface area contributed by atoms with Crippen molar-refractivity contribution in [1.29, 1.82) is 0 Å². The lowest BCUT2D eigenvalue weighted by molar-refractivity contribution is 0.102. The fraction of sp³-hybridized carbons (Fsp3) is 0.263. The quantitative estimate of drug-likeness (QED) is 0.798. The Morgan fingerprint density at radius 1 is 1.20 bits per heavy atom. The summed E-state index contributed by atoms with van der Waals surface area (Å²) in [4.78, 5) is 27.1. The SMILES string of the molecule is CC(C)Sc1ccccc1C(=O)Nc1cccc(N2CCNC2=O)c1. The van der Waals surface area contributed by atoms with Crippen LogP contribution in [0.4, 0.5) is 16.2 Å². The van der Waals surface area contributed by atoms with Gasteiger partial charge in [-0.15, -0.1) is 11.8 Å². The number of rotatable bonds is 5. The van der Waals surface area contributed by atoms with Gasteiger partial charge in [-0.3, -0.25) is 9.69 Å². The fourth-order valence-corrected chi connectivity index (χ4v) is 3.63. The predicted octanol–water partition coefficient (Wildman–Crippen LogP) is 3.97. The van der Waals surface area contributed by atoms with Crippen molar-refractivity contribution in [3.63, 3.8) is 0 Å². The van der Waals surface area contributed by atoms with Gasteiger partial charge in [-0.25, -0.2) is 4.79 Å². The van der Waals surface area contributed by atoms with Gasteiger partial charge in [0.2, 0.25) is 0 Å². The Kier molecular flexibility index (Phi) is 5.28. The lowest BCUT2D eigenvalue weighted by atomic mass is 10.2. The molecule has 1 aliphatic rings. The summed E-state index contributed by atoms with van der Waals surface area (Å²) in [6.07, 6.45) is 0. The van der Waals surface area contributed by atoms with Crippen molar-refractivity contribution in [2.45, 2.75) is 24.0 Å². The second-order valence-corrected chi connectivity index (χ2v) is 7.67. The van der Waals surface area contributed by atoms with E-state index in [1.165, 1.54) is 0 Å². The number of amides is 3. The number of nitrogens with zero attached hydrogens (tertiary/aromatic N) is 1. The van der Waals surface area contributed by atoms with Crippen molar-refractivity contribution < 1.29 is 9.59 Å². The first-order valence-corrected chi connectivity index (χ1v) is 9.15. The zero-order valence-corrected chi connectivity index (χ0v) is 15.1. The molecule has 0 aliphatic carbocycles. The summed E-state index contributed by atoms with van der Waals surface area (Å²) in [5.74, 6) is -0.147. The van der Waals surface area contributed by atoms with Crippen LogP contribution in [0.25, 0.3) is 0 Å². The molecule has 0 unspecified atom stereocenters. The molecular weight excluding hydrogens is 334 g/mol. The molecule has 130 valence electrons. The molecule has 0 aromatic heterocycles. The van der Waals surface area contributed by atoms with Crippen LogP contribution in [0.5, 0.6) is 0 Å². The Bertz CT molecular complexity index is 792. The minimum atomic E-state index is -0.147. The summed E-state index contributed by atoms with van der Waals surface area (Å²) < 4.78 is 0. The van der Waals surface area contributed by atoms with Gasteiger partial charge in [0.15, 0.2) is 0 Å². The molecule has 0 saturated carbocycles. The number of benzene rings is 2. The molecule has 0 radical (unpaired) electrons. The van der Waals surface area contributed by atoms with E-state index >= 15 is 0 Å². The van der Waals surface area contributed by atoms with Gasteiger partial charge in [-0.05, 0) is 30.3 Å². The molecule has 2 aromatic carbocycles. The van der Waals surface area contributed by atoms with E-state index in [1.54, 1.807) is 16.7 Å². The van der Waals surface area contributed by atoms with Crippen LogP contribution in [0.2, 0.25) is 0 Å². The van der Waals surface area contributed by atoms with Gasteiger partial charge in [0.25, 0.3) is 5.91 Å². The van der Waals surface area contributed by atoms with Crippen LogP contribution >= 0.6 is 11.8 Å². The number of thioether (sulfide) groups is 1. The normalized spacial score (nSPS) is 13.9. The first-order chi connectivity index (χ1) is 12.0. The van der Waals surface area contributed by atoms with Crippen molar-refractivity contribution >= 4 is 35.1 Å². The second-order valence-electron chi connectivity index (χ2n) is 6.05. The summed E-state index contributed by atoms with van der Waals surface area (Å²) in [6.45, 7) is 5.47. The third-order valence-electron chi connectivity index (χ3n) is 3.77. The van der Waals surface area contributed by atoms with Crippen LogP contribution in [0.3, 0.4) is 0 Å². The van der Waals surface area contributed by atoms with Gasteiger partial charge in [0, 0.05) is 34.6 Å². The van der Waals surface area contributed by atoms with Gasteiger partial charge in [0.1, 0.15) is 0 Å². The highest BCUT2D eigenvalue weighted by molar-refractivity contribution is 8.00. The van der Waals surface area contributed by atoms with Crippen molar-refractivity contribution in [3.05, 3.63) is 54.1 Å². The molecule has 6 heteroatoms. The van der Waals surface area contributed by atoms with Crippen LogP contribution in [0.1, 0.15) is 24.2 Å². The van der Waals surface area contributed by atoms with E-state index in [2.05, 4.69) is 24.5 Å². The van der Waals surface area contributed by atoms with Crippen molar-refractivity contribution in [1.82, 2.24) is 5.32 Å². The molecule has 2 aromatic rings. The maximum absolute atomic E-state index is 12.7. The Morgan fingerprint density at radius 3 is 2.72 bits per heavy atom. The predicted molar refractivity (Wildman–Crippen MR) is 103 cm³/mol. The van der Waals surface area contributed by atoms with Crippen LogP contribution in [-0.4, -0.2) is 30.3 Å². The molecule has 1 heterocycles. The molecule has 1 saturated heterocycles. The molecule has 0 atom stereocenters. The van der Waals surface area contributed by atoms with Gasteiger partial charge in [0.05, 0.1) is 5.56 Å². The summed E-state index contributed by atoms with van der Waals surface area (Å²) in [6, 6.07) is 14.8. The average Bonchev–Trinajstić information content (AvgIpc) is 3.01. The molecule has 3 rings (SSSR count). The van der Waals surface area contributed by atoms with E-state index in [0.29, 0.717) is 29.6 Å². The van der Waals surface area contributed by atoms with E-state index in [1.807, 2.05) is 48.5 Å². The van der Waals surface area contributed by atoms with E-state index in [-0.39, 0.29) is 11.9 Å². The molecule has 25 heavy (non-hydrogen) atoms. The minimum Gasteiger partial charge on any atom is -0.336 e. The van der Waals surface area contributed by atoms with Crippen LogP contribution < -0.4 is 15.5 Å². The number of carbonyl (C=O) groups excluding carboxylic acids is 2. The highest BCUT2D eigenvalue weighted by Crippen LogP contribution is 2.28. The molecule has 3 amide bonds. The Hall–Kier alpha value is -2.47. The number of hydrogen-bond acceptors (Lipinski definition) is 3. The van der Waals surface area contributed by atoms with Crippen molar-refractivity contribution in [2.24, 2.45) is 0 Å². The summed E-state index contributed by atoms with van der Waals surface area (Å²) in [5, 5.41) is 6.11. The molecular formula is C19H21N3O2S. The summed E-state index contributed by atoms with van der Waals surface area (Å²) in [5.41, 5.74) is 2.11. The molecule has 2 N–H and O–H groups in total. The van der Waals surface area contributed by atoms with E-state index in [0.717, 1.165) is 10.6 Å². The summed E-state index contributed by atoms with van der Waals surface area (Å²) in [7, 11) is 0. The molecule has 1 fully saturated rings. The maximum Gasteiger partial charge on any atom is 0.321 e. The number of carbonyl (C=O) groups is 2. The minimum absolute atomic E-state index is 0.109. The number of hydrogen-bond donors (Lipinski definition) is 2. The molecule has 1 aliphatic heterocycles. The van der Waals surface area contributed by atoms with Crippen LogP contribution in [-0.2, 0) is 0 Å². The number of anilines is 2. The smallest absolute Gasteiger partial charge is 0.321 e. The zero-order chi connectivity index (χ0) is 17.8. The Morgan fingerprint density at radius 2 is 2.00 bits per heavy atom. The maximum atomic E-state index is 12.7. The topological polar surface area (TPSA) is 61.4 Å². The van der Waals surface area contributed by atoms with Crippen LogP contribution in [0.15, 0.2) is 53.4 Å². The van der Waals surface area contributed by atoms with E-state index in [4.69, 9.17) is 0 Å². The lowest BCUT2D eigenvalue weighted by Crippen LogP contribution is -2.27. The number of urea groups is 1. The second kappa shape index (κ2) is 7.61. The van der Waals surface area contributed by atoms with Gasteiger partial charge < -0.3 is 10.6 Å². The first-order valence-electron chi connectivity index (χ1n) is 8.27. The monoisotopic (exact) mass is 355 g/mol. The van der Waals surface area contributed by atoms with Gasteiger partial charge >= 0.3 is 6.03 Å². The van der Waals surface area contributed by atoms with Crippen LogP contribution in [0, 0.1) is 0 Å². The molecule has 0 bridgehead atoms. The third-order valence-corrected chi connectivity index (χ3v) is 4.85. The average molecular weight is 355 g/mol. The standard InChI is InChI=1S/C19H21N3O2S/c1-13(2)25-17-9-4-3-8-16(17)18(23)21-14-6-5-7-15(12-14)22-11-10-20-19(22)24/h3-9,12-13H,10-11H2,1-2H3,(H,20,24)(H,21,23). The van der Waals surface area contributed by atoms with Crippen molar-refractivity contribution in [2.75, 3.05) is 23.3 Å². The van der Waals surface area contributed by atoms with E-state index < -0.39 is 0 Å². The van der Waals surface area contributed by atoms with Gasteiger partial charge in [-0.2, -0.15) is 0 Å². The zero-order valence-electron chi connectivity index (χ0n) is 14.3. The lowest BCUT2D eigenvalue weighted by Gasteiger charge is -2.16. The molecule has 5 nitrogen and oxygen atoms in total. The highest BCUT2D eigenvalue weighted by Gasteiger charge is 2.21. The number of nitrogens with one attached hydrogen (secondary N) is 2. The Balaban J connectivity index is 1.79. The largest absolute Gasteiger partial charge is 0.336 e. The van der Waals surface area contributed by atoms with Gasteiger partial charge in [-0.1, -0.05) is 32.0 Å². The highest BCUT2D eigenvalue weighted by atomic mass is 32.2. The molecule has 0 spiro atoms. The third kappa shape index (κ3) is 4.14. The summed E-state index contributed by atoms with van der Waals surface area (Å²) >= 11 is 1.67. The Labute approximate surface area is 151 Å². The first kappa shape index (κ1) is 17.4. The van der Waals surface area contributed by atoms with Crippen molar-refractivity contribution in [3.8, 4) is 0 Å².